The van der Waals surface area contributed by atoms with Gasteiger partial charge >= 0.3 is 172 Å². The maximum atomic E-state index is 9.09. The van der Waals surface area contributed by atoms with E-state index in [-0.39, 0.29) is 54.0 Å². The molecule has 3 aromatic rings. The Bertz CT molecular complexity index is 1830. The number of aliphatic hydroxyl groups is 1. The van der Waals surface area contributed by atoms with Gasteiger partial charge in [0.2, 0.25) is 0 Å². The second kappa shape index (κ2) is 24.7. The van der Waals surface area contributed by atoms with Gasteiger partial charge in [-0.15, -0.1) is 13.2 Å². The van der Waals surface area contributed by atoms with Crippen LogP contribution in [0.4, 0.5) is 0 Å². The van der Waals surface area contributed by atoms with Crippen LogP contribution >= 0.6 is 26.3 Å². The van der Waals surface area contributed by atoms with Crippen molar-refractivity contribution in [2.45, 2.75) is 170 Å². The Morgan fingerprint density at radius 3 is 1.44 bits per heavy atom. The Kier molecular flexibility index (Phi) is 21.8. The molecule has 0 aliphatic carbocycles. The second-order valence-corrected chi connectivity index (χ2v) is 37.2. The van der Waals surface area contributed by atoms with Crippen LogP contribution in [0.15, 0.2) is 128 Å². The molecule has 2 saturated heterocycles. The van der Waals surface area contributed by atoms with Crippen LogP contribution in [0, 0.1) is 29.6 Å². The number of hydrogen-bond donors (Lipinski definition) is 1. The molecule has 9 atom stereocenters. The maximum absolute atomic E-state index is 9.09. The van der Waals surface area contributed by atoms with Gasteiger partial charge in [0.25, 0.3) is 0 Å². The van der Waals surface area contributed by atoms with Gasteiger partial charge in [-0.3, -0.25) is 0 Å². The van der Waals surface area contributed by atoms with E-state index in [0.29, 0.717) is 17.8 Å². The Morgan fingerprint density at radius 1 is 0.682 bits per heavy atom. The molecular weight excluding hydrogens is 967 g/mol. The second-order valence-electron chi connectivity index (χ2n) is 21.8. The molecule has 9 heteroatoms. The van der Waals surface area contributed by atoms with Crippen molar-refractivity contribution >= 4 is 50.5 Å². The van der Waals surface area contributed by atoms with E-state index in [4.69, 9.17) is 28.5 Å². The molecule has 6 nitrogen and oxygen atoms in total. The number of benzene rings is 3. The van der Waals surface area contributed by atoms with Gasteiger partial charge in [0.15, 0.2) is 19.9 Å². The van der Waals surface area contributed by atoms with E-state index < -0.39 is 24.1 Å². The van der Waals surface area contributed by atoms with Gasteiger partial charge in [-0.05, 0) is 71.5 Å². The van der Waals surface area contributed by atoms with Crippen LogP contribution in [-0.2, 0) is 23.4 Å². The van der Waals surface area contributed by atoms with Crippen molar-refractivity contribution in [1.82, 2.24) is 0 Å². The fraction of sp³-hybridized carbons (Fsp3) is 0.579. The third-order valence-electron chi connectivity index (χ3n) is 14.0. The van der Waals surface area contributed by atoms with Crippen LogP contribution < -0.4 is 15.9 Å². The van der Waals surface area contributed by atoms with Crippen molar-refractivity contribution in [3.8, 4) is 0 Å². The molecule has 0 bridgehead atoms. The van der Waals surface area contributed by atoms with Crippen LogP contribution in [0.3, 0.4) is 0 Å². The van der Waals surface area contributed by atoms with Crippen molar-refractivity contribution in [3.63, 3.8) is 0 Å². The first-order valence-electron chi connectivity index (χ1n) is 24.5. The first kappa shape index (κ1) is 58.3. The number of aliphatic hydroxyl groups excluding tert-OH is 1. The fourth-order valence-electron chi connectivity index (χ4n) is 8.55. The van der Waals surface area contributed by atoms with Gasteiger partial charge in [0, 0.05) is 24.5 Å². The molecule has 2 aliphatic rings. The molecule has 0 aromatic heterocycles. The predicted octanol–water partition coefficient (Wildman–Crippen LogP) is 14.2. The van der Waals surface area contributed by atoms with Gasteiger partial charge in [0.05, 0.1) is 24.4 Å². The van der Waals surface area contributed by atoms with Crippen molar-refractivity contribution in [2.75, 3.05) is 12.8 Å². The van der Waals surface area contributed by atoms with Crippen molar-refractivity contribution in [2.24, 2.45) is 29.6 Å². The summed E-state index contributed by atoms with van der Waals surface area (Å²) in [5.74, 6) is 0.963. The van der Waals surface area contributed by atoms with Crippen molar-refractivity contribution in [3.05, 3.63) is 128 Å². The Morgan fingerprint density at radius 2 is 1.08 bits per heavy atom. The summed E-state index contributed by atoms with van der Waals surface area (Å²) >= 11 is 2.88. The summed E-state index contributed by atoms with van der Waals surface area (Å²) in [6.45, 7) is 42.6. The standard InChI is InChI=1S/C24H28IP.C22H42O3Si.C11H20O3/c1-20(2)21(3)19-26(25,22-13-7-4-8-14-22,23-15-9-5-10-16-23)24-17-11-6-12-18-24;1-12-13-19-20(24-22(8,9)23-19)17(3)15-14-16(2)18(4)25-26(10,11)21(5,6)7;1-5-6-9-10(8(2)7-12)14-11(3,4)13-9/h4-18,20-21H,19H2,1-3H3;12,14-20H,1,13H2,2-11H3;5,8-10,12H,1,6-7H2,2-4H3/b;15-14-;/t21-;16-,17-,18+,19+,20-;8-,9+,10-/m111/s1. The summed E-state index contributed by atoms with van der Waals surface area (Å²) in [7, 11) is -1.74. The molecule has 0 unspecified atom stereocenters. The molecule has 1 N–H and O–H groups in total. The molecule has 0 amide bonds. The molecule has 370 valence electrons. The van der Waals surface area contributed by atoms with Gasteiger partial charge in [0.1, 0.15) is 0 Å². The average molecular weight is 1060 g/mol. The molecular formula is C57H90IO6PSi. The predicted molar refractivity (Wildman–Crippen MR) is 297 cm³/mol. The summed E-state index contributed by atoms with van der Waals surface area (Å²) in [5.41, 5.74) is 0. The van der Waals surface area contributed by atoms with Crippen LogP contribution in [-0.4, -0.2) is 68.3 Å². The van der Waals surface area contributed by atoms with Crippen LogP contribution in [0.2, 0.25) is 18.1 Å². The van der Waals surface area contributed by atoms with Crippen LogP contribution in [0.25, 0.3) is 0 Å². The number of hydrogen-bond acceptors (Lipinski definition) is 6. The van der Waals surface area contributed by atoms with Gasteiger partial charge in [-0.1, -0.05) is 65.8 Å². The topological polar surface area (TPSA) is 66.4 Å². The van der Waals surface area contributed by atoms with E-state index in [1.807, 2.05) is 46.8 Å². The fourth-order valence-corrected chi connectivity index (χ4v) is 20.2. The number of halogens is 1. The Hall–Kier alpha value is -1.98. The molecule has 3 aromatic carbocycles. The van der Waals surface area contributed by atoms with E-state index in [9.17, 15) is 0 Å². The third-order valence-corrected chi connectivity index (χ3v) is 30.2. The summed E-state index contributed by atoms with van der Waals surface area (Å²) in [6, 6.07) is 33.6. The van der Waals surface area contributed by atoms with E-state index in [0.717, 1.165) is 12.8 Å². The number of rotatable bonds is 18. The minimum absolute atomic E-state index is 0.0182. The first-order chi connectivity index (χ1) is 30.7. The molecule has 0 saturated carbocycles. The third kappa shape index (κ3) is 15.3. The molecule has 66 heavy (non-hydrogen) atoms. The monoisotopic (exact) mass is 1060 g/mol. The van der Waals surface area contributed by atoms with Crippen LogP contribution in [0.5, 0.6) is 0 Å². The Labute approximate surface area is 417 Å². The minimum atomic E-state index is -2.59. The quantitative estimate of drug-likeness (QED) is 0.0593. The zero-order valence-corrected chi connectivity index (χ0v) is 47.9. The van der Waals surface area contributed by atoms with E-state index in [1.165, 1.54) is 22.1 Å². The SMILES string of the molecule is C=CC[C@@H]1OC(C)(C)O[C@@H]1[C@H](C)/C=C\[C@@H](C)[C@H](C)O[Si](C)(C)C(C)(C)C.C=CC[C@@H]1OC(C)(C)O[C@@H]1[C@H](C)CO.CC(C)[C@H](C)CP(I)(c1ccccc1)(c1ccccc1)c1ccccc1. The zero-order valence-electron chi connectivity index (χ0n) is 43.8. The van der Waals surface area contributed by atoms with Gasteiger partial charge in [-0.2, -0.15) is 0 Å². The van der Waals surface area contributed by atoms with E-state index in [1.54, 1.807) is 0 Å². The summed E-state index contributed by atoms with van der Waals surface area (Å²) in [4.78, 5) is 0. The number of ether oxygens (including phenoxy) is 4. The Balaban J connectivity index is 0.000000275. The van der Waals surface area contributed by atoms with E-state index >= 15 is 0 Å². The summed E-state index contributed by atoms with van der Waals surface area (Å²) in [6.07, 6.45) is 11.4. The van der Waals surface area contributed by atoms with Crippen molar-refractivity contribution < 1.29 is 28.5 Å². The van der Waals surface area contributed by atoms with Gasteiger partial charge in [-0.25, -0.2) is 0 Å². The first-order valence-corrected chi connectivity index (χ1v) is 32.6. The molecule has 2 heterocycles. The zero-order chi connectivity index (χ0) is 49.8. The molecule has 0 radical (unpaired) electrons. The molecule has 5 rings (SSSR count). The summed E-state index contributed by atoms with van der Waals surface area (Å²) in [5, 5.41) is 13.8. The molecule has 2 fully saturated rings. The van der Waals surface area contributed by atoms with E-state index in [2.05, 4.69) is 214 Å². The van der Waals surface area contributed by atoms with Crippen molar-refractivity contribution in [1.29, 1.82) is 0 Å². The normalized spacial score (nSPS) is 23.5. The summed E-state index contributed by atoms with van der Waals surface area (Å²) < 4.78 is 27.6. The molecule has 0 spiro atoms. The molecule has 2 aliphatic heterocycles. The average Bonchev–Trinajstić information content (AvgIpc) is 3.75. The van der Waals surface area contributed by atoms with Crippen LogP contribution in [0.1, 0.15) is 110 Å². The van der Waals surface area contributed by atoms with Gasteiger partial charge < -0.3 is 28.5 Å².